The van der Waals surface area contributed by atoms with Crippen LogP contribution in [0.25, 0.3) is 11.6 Å². The van der Waals surface area contributed by atoms with Gasteiger partial charge in [-0.15, -0.1) is 0 Å². The molecule has 11 heteroatoms. The van der Waals surface area contributed by atoms with Gasteiger partial charge in [0.15, 0.2) is 23.0 Å². The summed E-state index contributed by atoms with van der Waals surface area (Å²) in [6, 6.07) is 24.2. The summed E-state index contributed by atoms with van der Waals surface area (Å²) in [5.41, 5.74) is 12.7. The number of carbonyl (C=O) groups is 2. The smallest absolute Gasteiger partial charge is 0.260 e. The molecule has 0 spiro atoms. The molecule has 0 radical (unpaired) electrons. The van der Waals surface area contributed by atoms with Crippen molar-refractivity contribution in [3.63, 3.8) is 0 Å². The Bertz CT molecular complexity index is 2260. The Hall–Kier alpha value is -6.62. The van der Waals surface area contributed by atoms with E-state index in [0.29, 0.717) is 83.7 Å². The highest BCUT2D eigenvalue weighted by Crippen LogP contribution is 2.41. The number of hydrogen-bond donors (Lipinski definition) is 1. The largest absolute Gasteiger partial charge is 0.493 e. The fraction of sp³-hybridized carbons (Fsp3) is 0.209. The lowest BCUT2D eigenvalue weighted by Crippen LogP contribution is -2.32. The number of nitrogen functional groups attached to an aromatic ring is 1. The summed E-state index contributed by atoms with van der Waals surface area (Å²) in [4.78, 5) is 40.2. The van der Waals surface area contributed by atoms with Gasteiger partial charge in [-0.1, -0.05) is 54.6 Å². The first-order valence-corrected chi connectivity index (χ1v) is 17.8. The lowest BCUT2D eigenvalue weighted by atomic mass is 10.0. The van der Waals surface area contributed by atoms with Gasteiger partial charge < -0.3 is 34.5 Å². The number of allylic oxidation sites excluding steroid dienone is 1. The SMILES string of the molecule is COc1cc2c(cc1OCCCOc1cc3c(cc1OC)C(=O)N1C=C(c4ccc(N)cc4)C[C@H]1C=N3)N=C[C@@H]1CC(/C=C/c3ccccc3)=CN1C2=O. The summed E-state index contributed by atoms with van der Waals surface area (Å²) >= 11 is 0. The molecule has 0 aliphatic carbocycles. The van der Waals surface area contributed by atoms with Crippen LogP contribution in [0.1, 0.15) is 51.1 Å². The Morgan fingerprint density at radius 1 is 0.704 bits per heavy atom. The van der Waals surface area contributed by atoms with E-state index in [1.165, 1.54) is 0 Å². The van der Waals surface area contributed by atoms with Crippen molar-refractivity contribution in [3.05, 3.63) is 125 Å². The molecule has 0 saturated heterocycles. The van der Waals surface area contributed by atoms with Crippen molar-refractivity contribution in [1.82, 2.24) is 9.80 Å². The third kappa shape index (κ3) is 6.83. The van der Waals surface area contributed by atoms with Gasteiger partial charge >= 0.3 is 0 Å². The molecule has 0 aromatic heterocycles. The van der Waals surface area contributed by atoms with Gasteiger partial charge in [0.1, 0.15) is 0 Å². The fourth-order valence-electron chi connectivity index (χ4n) is 6.98. The minimum atomic E-state index is -0.201. The first-order valence-electron chi connectivity index (χ1n) is 17.8. The van der Waals surface area contributed by atoms with Crippen LogP contribution in [0.2, 0.25) is 0 Å². The highest BCUT2D eigenvalue weighted by molar-refractivity contribution is 6.06. The minimum absolute atomic E-state index is 0.144. The average molecular weight is 722 g/mol. The number of rotatable bonds is 11. The molecule has 0 unspecified atom stereocenters. The molecule has 2 N–H and O–H groups in total. The van der Waals surface area contributed by atoms with Crippen molar-refractivity contribution in [3.8, 4) is 23.0 Å². The van der Waals surface area contributed by atoms with Crippen molar-refractivity contribution in [2.75, 3.05) is 33.2 Å². The Morgan fingerprint density at radius 2 is 1.28 bits per heavy atom. The van der Waals surface area contributed by atoms with Crippen LogP contribution >= 0.6 is 0 Å². The molecular formula is C43H39N5O6. The molecule has 54 heavy (non-hydrogen) atoms. The molecule has 4 aromatic rings. The fourth-order valence-corrected chi connectivity index (χ4v) is 6.98. The summed E-state index contributed by atoms with van der Waals surface area (Å²) in [5.74, 6) is 1.53. The number of fused-ring (bicyclic) bond motifs is 4. The Balaban J connectivity index is 0.901. The van der Waals surface area contributed by atoms with Crippen molar-refractivity contribution in [1.29, 1.82) is 0 Å². The number of amides is 2. The van der Waals surface area contributed by atoms with Gasteiger partial charge in [0.05, 0.1) is 62.0 Å². The summed E-state index contributed by atoms with van der Waals surface area (Å²) in [5, 5.41) is 0. The van der Waals surface area contributed by atoms with E-state index in [-0.39, 0.29) is 23.9 Å². The van der Waals surface area contributed by atoms with Gasteiger partial charge in [0.2, 0.25) is 0 Å². The van der Waals surface area contributed by atoms with Crippen LogP contribution in [-0.2, 0) is 0 Å². The first kappa shape index (κ1) is 34.5. The van der Waals surface area contributed by atoms with Gasteiger partial charge in [-0.3, -0.25) is 19.6 Å². The van der Waals surface area contributed by atoms with Gasteiger partial charge in [0, 0.05) is 55.5 Å². The third-order valence-electron chi connectivity index (χ3n) is 9.83. The van der Waals surface area contributed by atoms with Crippen molar-refractivity contribution in [2.45, 2.75) is 31.3 Å². The van der Waals surface area contributed by atoms with E-state index in [9.17, 15) is 9.59 Å². The zero-order valence-corrected chi connectivity index (χ0v) is 30.0. The van der Waals surface area contributed by atoms with E-state index in [1.807, 2.05) is 91.6 Å². The maximum atomic E-state index is 13.7. The quantitative estimate of drug-likeness (QED) is 0.125. The normalized spacial score (nSPS) is 18.3. The lowest BCUT2D eigenvalue weighted by molar-refractivity contribution is 0.0809. The highest BCUT2D eigenvalue weighted by Gasteiger charge is 2.34. The number of hydrogen-bond acceptors (Lipinski definition) is 9. The Morgan fingerprint density at radius 3 is 1.87 bits per heavy atom. The highest BCUT2D eigenvalue weighted by atomic mass is 16.5. The molecular weight excluding hydrogens is 683 g/mol. The number of aliphatic imine (C=N–C) groups is 2. The Labute approximate surface area is 313 Å². The van der Waals surface area contributed by atoms with E-state index in [4.69, 9.17) is 34.7 Å². The Kier molecular flexibility index (Phi) is 9.44. The van der Waals surface area contributed by atoms with E-state index < -0.39 is 0 Å². The molecule has 0 saturated carbocycles. The molecule has 0 fully saturated rings. The zero-order chi connectivity index (χ0) is 37.2. The molecule has 272 valence electrons. The maximum absolute atomic E-state index is 13.7. The molecule has 4 aliphatic rings. The number of carbonyl (C=O) groups excluding carboxylic acids is 2. The van der Waals surface area contributed by atoms with Gasteiger partial charge in [0.25, 0.3) is 11.8 Å². The van der Waals surface area contributed by atoms with Crippen molar-refractivity contribution < 1.29 is 28.5 Å². The predicted octanol–water partition coefficient (Wildman–Crippen LogP) is 7.63. The summed E-state index contributed by atoms with van der Waals surface area (Å²) in [7, 11) is 3.09. The van der Waals surface area contributed by atoms with Crippen LogP contribution in [0.4, 0.5) is 17.1 Å². The molecule has 11 nitrogen and oxygen atoms in total. The molecule has 4 aliphatic heterocycles. The number of benzene rings is 4. The van der Waals surface area contributed by atoms with Crippen molar-refractivity contribution >= 4 is 53.0 Å². The van der Waals surface area contributed by atoms with Gasteiger partial charge in [-0.2, -0.15) is 0 Å². The second-order valence-corrected chi connectivity index (χ2v) is 13.3. The topological polar surface area (TPSA) is 128 Å². The first-order chi connectivity index (χ1) is 26.4. The van der Waals surface area contributed by atoms with Crippen LogP contribution in [0.3, 0.4) is 0 Å². The average Bonchev–Trinajstić information content (AvgIpc) is 3.77. The molecule has 2 atom stereocenters. The second kappa shape index (κ2) is 14.8. The van der Waals surface area contributed by atoms with Crippen molar-refractivity contribution in [2.24, 2.45) is 9.98 Å². The maximum Gasteiger partial charge on any atom is 0.260 e. The van der Waals surface area contributed by atoms with Crippen LogP contribution in [0.15, 0.2) is 113 Å². The monoisotopic (exact) mass is 721 g/mol. The number of methoxy groups -OCH3 is 2. The molecule has 4 heterocycles. The predicted molar refractivity (Wildman–Crippen MR) is 209 cm³/mol. The number of nitrogens with zero attached hydrogens (tertiary/aromatic N) is 4. The molecule has 0 bridgehead atoms. The standard InChI is InChI=1S/C43H39N5O6/c1-51-38-19-34-36(45-23-32-17-28(25-47(32)42(34)49)10-9-27-7-4-3-5-8-27)21-40(38)53-15-6-16-54-41-22-37-35(20-39(41)52-2)43(50)48-26-30(18-33(48)24-46-37)29-11-13-31(44)14-12-29/h3-5,7-14,19-26,32-33H,6,15-18,44H2,1-2H3/b10-9+/t32-,33-/m0/s1. The van der Waals surface area contributed by atoms with Gasteiger partial charge in [-0.05, 0) is 53.0 Å². The molecule has 8 rings (SSSR count). The van der Waals surface area contributed by atoms with E-state index in [2.05, 4.69) is 0 Å². The van der Waals surface area contributed by atoms with E-state index >= 15 is 0 Å². The molecule has 4 aromatic carbocycles. The third-order valence-corrected chi connectivity index (χ3v) is 9.83. The summed E-state index contributed by atoms with van der Waals surface area (Å²) in [6.45, 7) is 0.619. The van der Waals surface area contributed by atoms with E-state index in [1.54, 1.807) is 48.3 Å². The van der Waals surface area contributed by atoms with Crippen LogP contribution in [0, 0.1) is 0 Å². The van der Waals surface area contributed by atoms with E-state index in [0.717, 1.165) is 22.3 Å². The van der Waals surface area contributed by atoms with Gasteiger partial charge in [-0.25, -0.2) is 0 Å². The summed E-state index contributed by atoms with van der Waals surface area (Å²) < 4.78 is 23.5. The lowest BCUT2D eigenvalue weighted by Gasteiger charge is -2.19. The summed E-state index contributed by atoms with van der Waals surface area (Å²) in [6.07, 6.45) is 13.4. The second-order valence-electron chi connectivity index (χ2n) is 13.3. The number of ether oxygens (including phenoxy) is 4. The number of anilines is 1. The van der Waals surface area contributed by atoms with Crippen LogP contribution in [0.5, 0.6) is 23.0 Å². The zero-order valence-electron chi connectivity index (χ0n) is 30.0. The van der Waals surface area contributed by atoms with Crippen LogP contribution in [-0.4, -0.2) is 73.6 Å². The molecule has 2 amide bonds. The minimum Gasteiger partial charge on any atom is -0.493 e. The van der Waals surface area contributed by atoms with Crippen LogP contribution < -0.4 is 24.7 Å². The number of nitrogens with two attached hydrogens (primary N) is 1.